The lowest BCUT2D eigenvalue weighted by Gasteiger charge is -2.44. The molecule has 0 saturated heterocycles. The fraction of sp³-hybridized carbons (Fsp3) is 0.325. The number of rotatable bonds is 11. The summed E-state index contributed by atoms with van der Waals surface area (Å²) in [5.74, 6) is -4.08. The van der Waals surface area contributed by atoms with Gasteiger partial charge in [-0.05, 0) is 73.2 Å². The zero-order valence-electron chi connectivity index (χ0n) is 28.2. The summed E-state index contributed by atoms with van der Waals surface area (Å²) >= 11 is 0. The second-order valence-electron chi connectivity index (χ2n) is 12.7. The predicted octanol–water partition coefficient (Wildman–Crippen LogP) is 7.02. The van der Waals surface area contributed by atoms with E-state index in [2.05, 4.69) is 10.6 Å². The number of aliphatic hydroxyl groups is 1. The lowest BCUT2D eigenvalue weighted by atomic mass is 9.61. The molecule has 4 aromatic carbocycles. The maximum atomic E-state index is 14.3. The molecule has 2 amide bonds. The molecule has 0 radical (unpaired) electrons. The summed E-state index contributed by atoms with van der Waals surface area (Å²) < 4.78 is 11.9. The van der Waals surface area contributed by atoms with Crippen molar-refractivity contribution >= 4 is 29.0 Å². The first-order valence-electron chi connectivity index (χ1n) is 16.4. The van der Waals surface area contributed by atoms with Gasteiger partial charge in [0.1, 0.15) is 18.3 Å². The van der Waals surface area contributed by atoms with Crippen LogP contribution in [0.4, 0.5) is 11.4 Å². The van der Waals surface area contributed by atoms with Crippen LogP contribution in [0.25, 0.3) is 0 Å². The fourth-order valence-corrected chi connectivity index (χ4v) is 6.79. The predicted molar refractivity (Wildman–Crippen MR) is 187 cm³/mol. The molecule has 1 aliphatic rings. The second kappa shape index (κ2) is 14.9. The van der Waals surface area contributed by atoms with E-state index >= 15 is 0 Å². The van der Waals surface area contributed by atoms with Crippen molar-refractivity contribution in [3.8, 4) is 11.5 Å². The topological polar surface area (TPSA) is 114 Å². The summed E-state index contributed by atoms with van der Waals surface area (Å²) in [6, 6.07) is 28.1. The molecular formula is C40H44N2O6. The summed E-state index contributed by atoms with van der Waals surface area (Å²) in [5, 5.41) is 17.8. The van der Waals surface area contributed by atoms with Crippen molar-refractivity contribution in [3.05, 3.63) is 119 Å². The van der Waals surface area contributed by atoms with Crippen LogP contribution in [0, 0.1) is 18.8 Å². The van der Waals surface area contributed by atoms with Gasteiger partial charge in [-0.2, -0.15) is 0 Å². The van der Waals surface area contributed by atoms with Gasteiger partial charge in [0.2, 0.25) is 11.8 Å². The smallest absolute Gasteiger partial charge is 0.235 e. The first kappa shape index (κ1) is 34.4. The minimum absolute atomic E-state index is 0.303. The van der Waals surface area contributed by atoms with Gasteiger partial charge in [-0.1, -0.05) is 86.1 Å². The largest absolute Gasteiger partial charge is 0.493 e. The van der Waals surface area contributed by atoms with E-state index in [1.807, 2.05) is 87.5 Å². The average molecular weight is 649 g/mol. The molecule has 8 heteroatoms. The minimum atomic E-state index is -1.75. The summed E-state index contributed by atoms with van der Waals surface area (Å²) in [4.78, 5) is 42.4. The summed E-state index contributed by atoms with van der Waals surface area (Å²) in [6.07, 6.45) is 0.998. The molecule has 0 heterocycles. The quantitative estimate of drug-likeness (QED) is 0.151. The Morgan fingerprint density at radius 3 is 2.06 bits per heavy atom. The van der Waals surface area contributed by atoms with Crippen LogP contribution in [-0.4, -0.2) is 35.4 Å². The highest BCUT2D eigenvalue weighted by Gasteiger charge is 2.56. The number of amides is 2. The van der Waals surface area contributed by atoms with Gasteiger partial charge in [0.15, 0.2) is 11.5 Å². The number of ketones is 1. The van der Waals surface area contributed by atoms with Gasteiger partial charge >= 0.3 is 0 Å². The van der Waals surface area contributed by atoms with Crippen molar-refractivity contribution in [2.24, 2.45) is 11.8 Å². The molecule has 5 rings (SSSR count). The minimum Gasteiger partial charge on any atom is -0.493 e. The second-order valence-corrected chi connectivity index (χ2v) is 12.7. The number of methoxy groups -OCH3 is 1. The van der Waals surface area contributed by atoms with Gasteiger partial charge in [-0.25, -0.2) is 0 Å². The van der Waals surface area contributed by atoms with Crippen LogP contribution in [0.5, 0.6) is 11.5 Å². The van der Waals surface area contributed by atoms with Crippen LogP contribution in [0.2, 0.25) is 0 Å². The molecule has 1 fully saturated rings. The van der Waals surface area contributed by atoms with Crippen molar-refractivity contribution < 1.29 is 29.0 Å². The number of nitrogens with one attached hydrogen (secondary N) is 2. The summed E-state index contributed by atoms with van der Waals surface area (Å²) in [6.45, 7) is 7.79. The van der Waals surface area contributed by atoms with Crippen molar-refractivity contribution in [2.75, 3.05) is 17.7 Å². The molecule has 48 heavy (non-hydrogen) atoms. The number of hydrogen-bond acceptors (Lipinski definition) is 6. The first-order chi connectivity index (χ1) is 23.1. The fourth-order valence-electron chi connectivity index (χ4n) is 6.79. The van der Waals surface area contributed by atoms with E-state index in [1.54, 1.807) is 24.3 Å². The Balaban J connectivity index is 1.57. The highest BCUT2D eigenvalue weighted by atomic mass is 16.5. The lowest BCUT2D eigenvalue weighted by molar-refractivity contribution is -0.150. The Morgan fingerprint density at radius 2 is 1.46 bits per heavy atom. The Kier molecular flexibility index (Phi) is 10.6. The van der Waals surface area contributed by atoms with Crippen LogP contribution in [0.3, 0.4) is 0 Å². The SMILES string of the molecule is CCc1ccccc1NC(=O)C1C(=O)CC(C)(O)C(C(=O)Nc2ccccc2CC)C1c1ccc(OCc2cccc(C)c2)c(OC)c1. The number of carbonyl (C=O) groups is 3. The van der Waals surface area contributed by atoms with Crippen molar-refractivity contribution in [3.63, 3.8) is 0 Å². The van der Waals surface area contributed by atoms with Gasteiger partial charge in [-0.3, -0.25) is 14.4 Å². The number of para-hydroxylation sites is 2. The van der Waals surface area contributed by atoms with E-state index in [-0.39, 0.29) is 6.42 Å². The number of benzene rings is 4. The van der Waals surface area contributed by atoms with E-state index in [0.717, 1.165) is 22.3 Å². The first-order valence-corrected chi connectivity index (χ1v) is 16.4. The third-order valence-electron chi connectivity index (χ3n) is 9.19. The van der Waals surface area contributed by atoms with Crippen molar-refractivity contribution in [1.82, 2.24) is 0 Å². The summed E-state index contributed by atoms with van der Waals surface area (Å²) in [7, 11) is 1.51. The molecule has 0 aromatic heterocycles. The molecule has 1 aliphatic carbocycles. The molecular weight excluding hydrogens is 604 g/mol. The maximum Gasteiger partial charge on any atom is 0.235 e. The zero-order valence-corrected chi connectivity index (χ0v) is 28.2. The van der Waals surface area contributed by atoms with Gasteiger partial charge in [0.25, 0.3) is 0 Å². The van der Waals surface area contributed by atoms with Gasteiger partial charge in [-0.15, -0.1) is 0 Å². The molecule has 250 valence electrons. The number of carbonyl (C=O) groups excluding carboxylic acids is 3. The molecule has 1 saturated carbocycles. The number of Topliss-reactive ketones (excluding diaryl/α,β-unsaturated/α-hetero) is 1. The highest BCUT2D eigenvalue weighted by Crippen LogP contribution is 2.48. The van der Waals surface area contributed by atoms with Crippen LogP contribution >= 0.6 is 0 Å². The van der Waals surface area contributed by atoms with Gasteiger partial charge < -0.3 is 25.2 Å². The normalized spacial score (nSPS) is 20.5. The number of ether oxygens (including phenoxy) is 2. The molecule has 4 atom stereocenters. The van der Waals surface area contributed by atoms with E-state index < -0.39 is 41.0 Å². The monoisotopic (exact) mass is 648 g/mol. The Bertz CT molecular complexity index is 1800. The van der Waals surface area contributed by atoms with Crippen molar-refractivity contribution in [1.29, 1.82) is 0 Å². The van der Waals surface area contributed by atoms with Gasteiger partial charge in [0.05, 0.1) is 18.6 Å². The molecule has 4 aromatic rings. The van der Waals surface area contributed by atoms with Crippen LogP contribution in [0.15, 0.2) is 91.0 Å². The zero-order chi connectivity index (χ0) is 34.4. The molecule has 0 spiro atoms. The Morgan fingerprint density at radius 1 is 0.833 bits per heavy atom. The summed E-state index contributed by atoms with van der Waals surface area (Å²) in [5.41, 5.74) is 3.91. The molecule has 0 aliphatic heterocycles. The highest BCUT2D eigenvalue weighted by molar-refractivity contribution is 6.10. The Hall–Kier alpha value is -4.95. The molecule has 0 bridgehead atoms. The number of anilines is 2. The van der Waals surface area contributed by atoms with E-state index in [0.29, 0.717) is 47.9 Å². The van der Waals surface area contributed by atoms with E-state index in [4.69, 9.17) is 9.47 Å². The average Bonchev–Trinajstić information content (AvgIpc) is 3.06. The Labute approximate surface area is 282 Å². The standard InChI is InChI=1S/C40H44N2O6/c1-6-27-15-8-10-17-30(27)41-38(44)36-32(43)23-40(4,46)37(39(45)42-31-18-11-9-16-28(31)7-2)35(36)29-19-20-33(34(22-29)47-5)48-24-26-14-12-13-25(3)21-26/h8-22,35-37,46H,6-7,23-24H2,1-5H3,(H,41,44)(H,42,45). The van der Waals surface area contributed by atoms with Crippen LogP contribution in [-0.2, 0) is 33.8 Å². The number of hydrogen-bond donors (Lipinski definition) is 3. The van der Waals surface area contributed by atoms with Gasteiger partial charge in [0, 0.05) is 23.7 Å². The third-order valence-corrected chi connectivity index (χ3v) is 9.19. The van der Waals surface area contributed by atoms with E-state index in [9.17, 15) is 19.5 Å². The number of aryl methyl sites for hydroxylation is 3. The van der Waals surface area contributed by atoms with Crippen LogP contribution < -0.4 is 20.1 Å². The van der Waals surface area contributed by atoms with Crippen LogP contribution in [0.1, 0.15) is 60.9 Å². The van der Waals surface area contributed by atoms with Crippen molar-refractivity contribution in [2.45, 2.75) is 65.1 Å². The maximum absolute atomic E-state index is 14.3. The molecule has 8 nitrogen and oxygen atoms in total. The third kappa shape index (κ3) is 7.44. The van der Waals surface area contributed by atoms with E-state index in [1.165, 1.54) is 14.0 Å². The molecule has 3 N–H and O–H groups in total. The lowest BCUT2D eigenvalue weighted by Crippen LogP contribution is -2.56. The molecule has 4 unspecified atom stereocenters.